The third-order valence-electron chi connectivity index (χ3n) is 2.87. The van der Waals surface area contributed by atoms with Gasteiger partial charge in [0.15, 0.2) is 5.84 Å². The molecule has 0 bridgehead atoms. The van der Waals surface area contributed by atoms with E-state index in [2.05, 4.69) is 20.4 Å². The van der Waals surface area contributed by atoms with Crippen molar-refractivity contribution in [2.45, 2.75) is 13.8 Å². The minimum atomic E-state index is -0.352. The van der Waals surface area contributed by atoms with Crippen molar-refractivity contribution < 1.29 is 10.0 Å². The molecular formula is C14H15N5O2. The highest BCUT2D eigenvalue weighted by Gasteiger charge is 2.10. The first kappa shape index (κ1) is 14.4. The fraction of sp³-hybridized carbons (Fsp3) is 0.143. The van der Waals surface area contributed by atoms with Crippen LogP contribution < -0.4 is 11.1 Å². The van der Waals surface area contributed by atoms with Crippen molar-refractivity contribution >= 4 is 17.4 Å². The van der Waals surface area contributed by atoms with Crippen LogP contribution in [0.3, 0.4) is 0 Å². The van der Waals surface area contributed by atoms with E-state index in [1.54, 1.807) is 12.1 Å². The zero-order valence-electron chi connectivity index (χ0n) is 11.7. The Morgan fingerprint density at radius 1 is 1.29 bits per heavy atom. The second kappa shape index (κ2) is 6.00. The lowest BCUT2D eigenvalue weighted by molar-refractivity contribution is 0.102. The number of amidine groups is 1. The predicted molar refractivity (Wildman–Crippen MR) is 78.4 cm³/mol. The zero-order chi connectivity index (χ0) is 15.4. The lowest BCUT2D eigenvalue weighted by atomic mass is 10.2. The molecule has 7 heteroatoms. The van der Waals surface area contributed by atoms with E-state index in [4.69, 9.17) is 10.9 Å². The summed E-state index contributed by atoms with van der Waals surface area (Å²) in [6, 6.07) is 6.66. The Bertz CT molecular complexity index is 695. The van der Waals surface area contributed by atoms with Crippen molar-refractivity contribution in [2.24, 2.45) is 10.9 Å². The molecule has 7 nitrogen and oxygen atoms in total. The van der Waals surface area contributed by atoms with Gasteiger partial charge >= 0.3 is 0 Å². The quantitative estimate of drug-likeness (QED) is 0.342. The summed E-state index contributed by atoms with van der Waals surface area (Å²) in [6.45, 7) is 3.70. The van der Waals surface area contributed by atoms with Crippen molar-refractivity contribution in [3.05, 3.63) is 53.1 Å². The van der Waals surface area contributed by atoms with Gasteiger partial charge in [-0.25, -0.2) is 0 Å². The van der Waals surface area contributed by atoms with Crippen LogP contribution in [-0.2, 0) is 0 Å². The topological polar surface area (TPSA) is 113 Å². The average molecular weight is 285 g/mol. The summed E-state index contributed by atoms with van der Waals surface area (Å²) < 4.78 is 0. The molecule has 2 aromatic heterocycles. The molecule has 0 fully saturated rings. The number of hydrogen-bond acceptors (Lipinski definition) is 5. The molecule has 21 heavy (non-hydrogen) atoms. The number of nitrogens with one attached hydrogen (secondary N) is 1. The second-order valence-electron chi connectivity index (χ2n) is 4.46. The number of carbonyl (C=O) groups is 1. The van der Waals surface area contributed by atoms with Crippen LogP contribution >= 0.6 is 0 Å². The molecule has 0 saturated carbocycles. The third-order valence-corrected chi connectivity index (χ3v) is 2.87. The number of rotatable bonds is 3. The summed E-state index contributed by atoms with van der Waals surface area (Å²) in [6.07, 6.45) is 1.37. The van der Waals surface area contributed by atoms with Crippen LogP contribution in [0.1, 0.15) is 27.4 Å². The minimum Gasteiger partial charge on any atom is -0.409 e. The summed E-state index contributed by atoms with van der Waals surface area (Å²) >= 11 is 0. The molecule has 0 aliphatic rings. The van der Waals surface area contributed by atoms with Gasteiger partial charge < -0.3 is 16.3 Å². The average Bonchev–Trinajstić information content (AvgIpc) is 2.49. The van der Waals surface area contributed by atoms with Crippen LogP contribution in [0.5, 0.6) is 0 Å². The maximum absolute atomic E-state index is 12.1. The van der Waals surface area contributed by atoms with Gasteiger partial charge in [-0.05, 0) is 38.1 Å². The molecule has 0 saturated heterocycles. The Morgan fingerprint density at radius 3 is 2.62 bits per heavy atom. The van der Waals surface area contributed by atoms with Crippen LogP contribution in [0.25, 0.3) is 0 Å². The normalized spacial score (nSPS) is 11.2. The summed E-state index contributed by atoms with van der Waals surface area (Å²) in [5, 5.41) is 14.2. The van der Waals surface area contributed by atoms with Gasteiger partial charge in [0.05, 0.1) is 11.4 Å². The molecule has 1 amide bonds. The van der Waals surface area contributed by atoms with Gasteiger partial charge in [0, 0.05) is 17.5 Å². The highest BCUT2D eigenvalue weighted by atomic mass is 16.4. The number of hydrogen-bond donors (Lipinski definition) is 3. The van der Waals surface area contributed by atoms with Crippen LogP contribution in [0, 0.1) is 13.8 Å². The molecular weight excluding hydrogens is 270 g/mol. The summed E-state index contributed by atoms with van der Waals surface area (Å²) in [7, 11) is 0. The lowest BCUT2D eigenvalue weighted by Gasteiger charge is -2.08. The number of nitrogens with two attached hydrogens (primary N) is 1. The summed E-state index contributed by atoms with van der Waals surface area (Å²) in [5.74, 6) is -0.414. The van der Waals surface area contributed by atoms with Crippen molar-refractivity contribution in [1.29, 1.82) is 0 Å². The Labute approximate surface area is 121 Å². The molecule has 0 atom stereocenters. The van der Waals surface area contributed by atoms with Gasteiger partial charge in [-0.15, -0.1) is 0 Å². The van der Waals surface area contributed by atoms with E-state index in [1.807, 2.05) is 19.9 Å². The molecule has 0 spiro atoms. The number of anilines is 1. The third kappa shape index (κ3) is 3.33. The van der Waals surface area contributed by atoms with E-state index >= 15 is 0 Å². The highest BCUT2D eigenvalue weighted by molar-refractivity contribution is 6.04. The number of oxime groups is 1. The molecule has 2 aromatic rings. The summed E-state index contributed by atoms with van der Waals surface area (Å²) in [4.78, 5) is 20.3. The molecule has 108 valence electrons. The van der Waals surface area contributed by atoms with E-state index in [-0.39, 0.29) is 17.4 Å². The van der Waals surface area contributed by atoms with E-state index in [0.29, 0.717) is 11.3 Å². The van der Waals surface area contributed by atoms with Gasteiger partial charge in [0.1, 0.15) is 5.69 Å². The van der Waals surface area contributed by atoms with Gasteiger partial charge in [0.2, 0.25) is 0 Å². The first-order chi connectivity index (χ1) is 10.0. The number of amides is 1. The van der Waals surface area contributed by atoms with Crippen LogP contribution in [0.15, 0.2) is 35.6 Å². The molecule has 4 N–H and O–H groups in total. The predicted octanol–water partition coefficient (Wildman–Crippen LogP) is 1.44. The molecule has 0 unspecified atom stereocenters. The van der Waals surface area contributed by atoms with Gasteiger partial charge in [0.25, 0.3) is 5.91 Å². The van der Waals surface area contributed by atoms with Gasteiger partial charge in [-0.3, -0.25) is 14.8 Å². The number of aromatic nitrogens is 2. The number of carbonyl (C=O) groups excluding carboxylic acids is 1. The first-order valence-electron chi connectivity index (χ1n) is 6.21. The van der Waals surface area contributed by atoms with Crippen LogP contribution in [0.4, 0.5) is 5.69 Å². The van der Waals surface area contributed by atoms with Gasteiger partial charge in [-0.1, -0.05) is 5.16 Å². The molecule has 0 radical (unpaired) electrons. The second-order valence-corrected chi connectivity index (χ2v) is 4.46. The minimum absolute atomic E-state index is 0.0620. The SMILES string of the molecule is Cc1ccc(NC(=O)c2ccc(/C(N)=N/O)cn2)c(C)n1. The van der Waals surface area contributed by atoms with Gasteiger partial charge in [-0.2, -0.15) is 0 Å². The Morgan fingerprint density at radius 2 is 2.05 bits per heavy atom. The van der Waals surface area contributed by atoms with Crippen molar-refractivity contribution in [3.8, 4) is 0 Å². The number of aryl methyl sites for hydroxylation is 2. The standard InChI is InChI=1S/C14H15N5O2/c1-8-3-5-11(9(2)17-8)18-14(20)12-6-4-10(7-16-12)13(15)19-21/h3-7,21H,1-2H3,(H2,15,19)(H,18,20). The van der Waals surface area contributed by atoms with E-state index in [0.717, 1.165) is 11.4 Å². The van der Waals surface area contributed by atoms with Crippen molar-refractivity contribution in [3.63, 3.8) is 0 Å². The van der Waals surface area contributed by atoms with E-state index in [9.17, 15) is 4.79 Å². The van der Waals surface area contributed by atoms with Crippen LogP contribution in [0.2, 0.25) is 0 Å². The molecule has 0 aliphatic carbocycles. The van der Waals surface area contributed by atoms with E-state index in [1.165, 1.54) is 12.3 Å². The fourth-order valence-electron chi connectivity index (χ4n) is 1.74. The maximum atomic E-state index is 12.1. The Kier molecular flexibility index (Phi) is 4.13. The Balaban J connectivity index is 2.17. The molecule has 0 aliphatic heterocycles. The van der Waals surface area contributed by atoms with Crippen molar-refractivity contribution in [2.75, 3.05) is 5.32 Å². The highest BCUT2D eigenvalue weighted by Crippen LogP contribution is 2.13. The number of pyridine rings is 2. The lowest BCUT2D eigenvalue weighted by Crippen LogP contribution is -2.17. The molecule has 2 heterocycles. The summed E-state index contributed by atoms with van der Waals surface area (Å²) in [5.41, 5.74) is 8.33. The molecule has 2 rings (SSSR count). The largest absolute Gasteiger partial charge is 0.409 e. The fourth-order valence-corrected chi connectivity index (χ4v) is 1.74. The number of nitrogens with zero attached hydrogens (tertiary/aromatic N) is 3. The molecule has 0 aromatic carbocycles. The first-order valence-corrected chi connectivity index (χ1v) is 6.21. The maximum Gasteiger partial charge on any atom is 0.274 e. The smallest absolute Gasteiger partial charge is 0.274 e. The monoisotopic (exact) mass is 285 g/mol. The van der Waals surface area contributed by atoms with Crippen molar-refractivity contribution in [1.82, 2.24) is 9.97 Å². The van der Waals surface area contributed by atoms with E-state index < -0.39 is 0 Å². The van der Waals surface area contributed by atoms with Crippen LogP contribution in [-0.4, -0.2) is 26.9 Å². The Hall–Kier alpha value is -2.96. The zero-order valence-corrected chi connectivity index (χ0v) is 11.7.